The van der Waals surface area contributed by atoms with Gasteiger partial charge in [0.1, 0.15) is 0 Å². The molecule has 4 N–H and O–H groups in total. The Balaban J connectivity index is 1.02. The molecule has 2 heterocycles. The third kappa shape index (κ3) is 7.34. The summed E-state index contributed by atoms with van der Waals surface area (Å²) in [6, 6.07) is 26.1. The van der Waals surface area contributed by atoms with Gasteiger partial charge in [0.2, 0.25) is 0 Å². The first-order chi connectivity index (χ1) is 18.4. The van der Waals surface area contributed by atoms with Crippen molar-refractivity contribution in [2.75, 3.05) is 52.4 Å². The number of aromatic nitrogens is 1. The Bertz CT molecular complexity index is 1190. The Morgan fingerprint density at radius 1 is 0.703 bits per heavy atom. The number of fused-ring (bicyclic) bond motifs is 4. The number of rotatable bonds is 9. The van der Waals surface area contributed by atoms with E-state index >= 15 is 0 Å². The standard InChI is InChI=1S/C31H40N6/c1-3-11-29-25(7-1)21-26-8-2-4-12-30(26)31(29)24-33-14-6-13-32-15-18-37-19-16-34-22-27-9-5-10-28(36-27)23-35-17-20-37/h1-5,7-12,21,32-35H,6,13-20,22-24H2. The van der Waals surface area contributed by atoms with Gasteiger partial charge < -0.3 is 21.3 Å². The summed E-state index contributed by atoms with van der Waals surface area (Å²) in [5.41, 5.74) is 3.65. The summed E-state index contributed by atoms with van der Waals surface area (Å²) in [5, 5.41) is 19.8. The van der Waals surface area contributed by atoms with E-state index in [1.807, 2.05) is 0 Å². The zero-order valence-electron chi connectivity index (χ0n) is 21.8. The van der Waals surface area contributed by atoms with Crippen LogP contribution in [0.25, 0.3) is 21.5 Å². The lowest BCUT2D eigenvalue weighted by Gasteiger charge is -2.23. The number of nitrogens with one attached hydrogen (secondary N) is 4. The van der Waals surface area contributed by atoms with Crippen LogP contribution >= 0.6 is 0 Å². The third-order valence-electron chi connectivity index (χ3n) is 7.18. The van der Waals surface area contributed by atoms with Crippen molar-refractivity contribution in [3.63, 3.8) is 0 Å². The van der Waals surface area contributed by atoms with Crippen LogP contribution in [-0.2, 0) is 19.6 Å². The van der Waals surface area contributed by atoms with Crippen LogP contribution < -0.4 is 21.3 Å². The van der Waals surface area contributed by atoms with E-state index in [0.29, 0.717) is 0 Å². The van der Waals surface area contributed by atoms with E-state index < -0.39 is 0 Å². The molecule has 6 nitrogen and oxygen atoms in total. The Hall–Kier alpha value is -2.87. The third-order valence-corrected chi connectivity index (χ3v) is 7.18. The first kappa shape index (κ1) is 25.8. The highest BCUT2D eigenvalue weighted by Gasteiger charge is 2.08. The first-order valence-electron chi connectivity index (χ1n) is 13.8. The van der Waals surface area contributed by atoms with Gasteiger partial charge >= 0.3 is 0 Å². The highest BCUT2D eigenvalue weighted by Crippen LogP contribution is 2.28. The minimum atomic E-state index is 0.835. The van der Waals surface area contributed by atoms with Crippen molar-refractivity contribution in [2.24, 2.45) is 0 Å². The summed E-state index contributed by atoms with van der Waals surface area (Å²) in [7, 11) is 0. The molecule has 4 aromatic rings. The van der Waals surface area contributed by atoms with Crippen molar-refractivity contribution in [3.05, 3.63) is 89.7 Å². The van der Waals surface area contributed by atoms with E-state index in [-0.39, 0.29) is 0 Å². The lowest BCUT2D eigenvalue weighted by molar-refractivity contribution is 0.270. The van der Waals surface area contributed by atoms with Gasteiger partial charge in [-0.2, -0.15) is 0 Å². The van der Waals surface area contributed by atoms with Gasteiger partial charge in [-0.15, -0.1) is 0 Å². The molecule has 0 unspecified atom stereocenters. The van der Waals surface area contributed by atoms with E-state index in [1.54, 1.807) is 0 Å². The number of nitrogens with zero attached hydrogens (tertiary/aromatic N) is 2. The molecule has 0 aliphatic carbocycles. The zero-order valence-corrected chi connectivity index (χ0v) is 21.8. The molecule has 5 rings (SSSR count). The predicted octanol–water partition coefficient (Wildman–Crippen LogP) is 3.65. The fourth-order valence-electron chi connectivity index (χ4n) is 5.18. The normalized spacial score (nSPS) is 15.5. The van der Waals surface area contributed by atoms with Crippen LogP contribution in [0.3, 0.4) is 0 Å². The second-order valence-electron chi connectivity index (χ2n) is 9.89. The Morgan fingerprint density at radius 2 is 1.32 bits per heavy atom. The molecule has 3 aromatic carbocycles. The molecule has 1 aliphatic heterocycles. The van der Waals surface area contributed by atoms with Crippen LogP contribution in [0.2, 0.25) is 0 Å². The Kier molecular flexibility index (Phi) is 9.48. The van der Waals surface area contributed by atoms with E-state index in [4.69, 9.17) is 4.98 Å². The van der Waals surface area contributed by atoms with Crippen molar-refractivity contribution in [1.82, 2.24) is 31.2 Å². The molecule has 0 fully saturated rings. The van der Waals surface area contributed by atoms with Crippen LogP contribution in [0.4, 0.5) is 0 Å². The van der Waals surface area contributed by atoms with Gasteiger partial charge in [-0.1, -0.05) is 54.6 Å². The molecule has 6 heteroatoms. The predicted molar refractivity (Wildman–Crippen MR) is 155 cm³/mol. The lowest BCUT2D eigenvalue weighted by Crippen LogP contribution is -2.41. The molecule has 194 valence electrons. The van der Waals surface area contributed by atoms with Crippen LogP contribution in [0, 0.1) is 0 Å². The molecule has 37 heavy (non-hydrogen) atoms. The largest absolute Gasteiger partial charge is 0.315 e. The molecule has 0 radical (unpaired) electrons. The number of benzene rings is 3. The zero-order chi connectivity index (χ0) is 25.1. The Morgan fingerprint density at radius 3 is 2.00 bits per heavy atom. The van der Waals surface area contributed by atoms with Crippen molar-refractivity contribution < 1.29 is 0 Å². The van der Waals surface area contributed by atoms with Gasteiger partial charge in [-0.25, -0.2) is 0 Å². The van der Waals surface area contributed by atoms with Crippen LogP contribution in [0.15, 0.2) is 72.8 Å². The fourth-order valence-corrected chi connectivity index (χ4v) is 5.18. The topological polar surface area (TPSA) is 64.2 Å². The van der Waals surface area contributed by atoms with Crippen molar-refractivity contribution >= 4 is 21.5 Å². The molecule has 0 atom stereocenters. The van der Waals surface area contributed by atoms with Gasteiger partial charge in [-0.3, -0.25) is 9.88 Å². The lowest BCUT2D eigenvalue weighted by atomic mass is 9.97. The van der Waals surface area contributed by atoms with Crippen molar-refractivity contribution in [2.45, 2.75) is 26.1 Å². The van der Waals surface area contributed by atoms with Crippen molar-refractivity contribution in [1.29, 1.82) is 0 Å². The van der Waals surface area contributed by atoms with E-state index in [0.717, 1.165) is 89.8 Å². The van der Waals surface area contributed by atoms with Gasteiger partial charge in [0.05, 0.1) is 11.4 Å². The molecule has 0 saturated carbocycles. The maximum Gasteiger partial charge on any atom is 0.0545 e. The van der Waals surface area contributed by atoms with Gasteiger partial charge in [0.15, 0.2) is 0 Å². The minimum absolute atomic E-state index is 0.835. The summed E-state index contributed by atoms with van der Waals surface area (Å²) >= 11 is 0. The molecular weight excluding hydrogens is 456 g/mol. The summed E-state index contributed by atoms with van der Waals surface area (Å²) in [6.07, 6.45) is 1.12. The molecule has 1 aliphatic rings. The van der Waals surface area contributed by atoms with E-state index in [1.165, 1.54) is 27.1 Å². The maximum absolute atomic E-state index is 4.71. The molecule has 1 aromatic heterocycles. The van der Waals surface area contributed by atoms with Crippen LogP contribution in [-0.4, -0.2) is 62.2 Å². The van der Waals surface area contributed by atoms with Gasteiger partial charge in [0, 0.05) is 58.9 Å². The smallest absolute Gasteiger partial charge is 0.0545 e. The summed E-state index contributed by atoms with van der Waals surface area (Å²) < 4.78 is 0. The number of pyridine rings is 1. The monoisotopic (exact) mass is 496 g/mol. The molecule has 0 saturated heterocycles. The quantitative estimate of drug-likeness (QED) is 0.210. The minimum Gasteiger partial charge on any atom is -0.315 e. The second kappa shape index (κ2) is 13.6. The SMILES string of the molecule is c1cc2nc(c1)CNCCN(CCNCCCNCc1c3ccccc3cc3ccccc13)CCNC2. The summed E-state index contributed by atoms with van der Waals surface area (Å²) in [4.78, 5) is 7.25. The summed E-state index contributed by atoms with van der Waals surface area (Å²) in [6.45, 7) is 10.8. The second-order valence-corrected chi connectivity index (χ2v) is 9.89. The molecule has 0 amide bonds. The number of hydrogen-bond acceptors (Lipinski definition) is 6. The van der Waals surface area contributed by atoms with Crippen LogP contribution in [0.1, 0.15) is 23.4 Å². The van der Waals surface area contributed by atoms with Crippen molar-refractivity contribution in [3.8, 4) is 0 Å². The Labute approximate surface area is 220 Å². The highest BCUT2D eigenvalue weighted by atomic mass is 15.2. The highest BCUT2D eigenvalue weighted by molar-refractivity contribution is 6.02. The summed E-state index contributed by atoms with van der Waals surface area (Å²) in [5.74, 6) is 0. The van der Waals surface area contributed by atoms with Gasteiger partial charge in [-0.05, 0) is 64.8 Å². The average Bonchev–Trinajstić information content (AvgIpc) is 2.93. The van der Waals surface area contributed by atoms with E-state index in [9.17, 15) is 0 Å². The van der Waals surface area contributed by atoms with Gasteiger partial charge in [0.25, 0.3) is 0 Å². The van der Waals surface area contributed by atoms with Crippen LogP contribution in [0.5, 0.6) is 0 Å². The molecule has 2 bridgehead atoms. The fraction of sp³-hybridized carbons (Fsp3) is 0.387. The molecular formula is C31H40N6. The maximum atomic E-state index is 4.71. The number of hydrogen-bond donors (Lipinski definition) is 4. The first-order valence-corrected chi connectivity index (χ1v) is 13.8. The molecule has 0 spiro atoms. The van der Waals surface area contributed by atoms with E-state index in [2.05, 4.69) is 99.0 Å². The average molecular weight is 497 g/mol.